The van der Waals surface area contributed by atoms with Gasteiger partial charge in [-0.15, -0.1) is 0 Å². The van der Waals surface area contributed by atoms with Crippen LogP contribution < -0.4 is 16.6 Å². The molecule has 0 bridgehead atoms. The number of anilines is 1. The lowest BCUT2D eigenvalue weighted by molar-refractivity contribution is -0.118. The second kappa shape index (κ2) is 5.68. The molecule has 4 heteroatoms. The van der Waals surface area contributed by atoms with E-state index in [2.05, 4.69) is 22.6 Å². The van der Waals surface area contributed by atoms with Crippen molar-refractivity contribution in [1.82, 2.24) is 5.32 Å². The highest BCUT2D eigenvalue weighted by Gasteiger charge is 1.94. The van der Waals surface area contributed by atoms with Gasteiger partial charge in [-0.25, -0.2) is 0 Å². The van der Waals surface area contributed by atoms with Crippen molar-refractivity contribution in [2.24, 2.45) is 5.84 Å². The van der Waals surface area contributed by atoms with E-state index >= 15 is 0 Å². The summed E-state index contributed by atoms with van der Waals surface area (Å²) in [5.74, 6) is 11.0. The van der Waals surface area contributed by atoms with Gasteiger partial charge in [0.2, 0.25) is 5.91 Å². The average Bonchev–Trinajstić information content (AvgIpc) is 2.24. The predicted octanol–water partition coefficient (Wildman–Crippen LogP) is 0.460. The Morgan fingerprint density at radius 2 is 2.20 bits per heavy atom. The summed E-state index contributed by atoms with van der Waals surface area (Å²) in [7, 11) is 0. The van der Waals surface area contributed by atoms with Gasteiger partial charge < -0.3 is 10.7 Å². The number of hydrazine groups is 1. The second-order valence-electron chi connectivity index (χ2n) is 2.90. The molecule has 4 N–H and O–H groups in total. The van der Waals surface area contributed by atoms with Crippen molar-refractivity contribution in [2.75, 3.05) is 12.0 Å². The Morgan fingerprint density at radius 3 is 2.87 bits per heavy atom. The van der Waals surface area contributed by atoms with Crippen LogP contribution in [0.5, 0.6) is 0 Å². The number of nitrogens with two attached hydrogens (primary N) is 1. The Labute approximate surface area is 88.8 Å². The highest BCUT2D eigenvalue weighted by molar-refractivity contribution is 5.73. The number of benzene rings is 1. The van der Waals surface area contributed by atoms with E-state index in [1.165, 1.54) is 6.92 Å². The second-order valence-corrected chi connectivity index (χ2v) is 2.90. The van der Waals surface area contributed by atoms with Crippen LogP contribution in [-0.2, 0) is 4.79 Å². The van der Waals surface area contributed by atoms with Crippen LogP contribution >= 0.6 is 0 Å². The molecular weight excluding hydrogens is 190 g/mol. The van der Waals surface area contributed by atoms with Gasteiger partial charge in [0.1, 0.15) is 0 Å². The fraction of sp³-hybridized carbons (Fsp3) is 0.182. The van der Waals surface area contributed by atoms with Crippen LogP contribution in [0.25, 0.3) is 0 Å². The van der Waals surface area contributed by atoms with Crippen LogP contribution in [-0.4, -0.2) is 12.5 Å². The lowest BCUT2D eigenvalue weighted by Gasteiger charge is -2.01. The third-order valence-corrected chi connectivity index (χ3v) is 1.73. The summed E-state index contributed by atoms with van der Waals surface area (Å²) in [5, 5.41) is 2.59. The molecule has 1 aromatic rings. The molecule has 1 rings (SSSR count). The number of para-hydroxylation sites is 1. The molecule has 0 unspecified atom stereocenters. The lowest BCUT2D eigenvalue weighted by Crippen LogP contribution is -2.19. The van der Waals surface area contributed by atoms with Crippen molar-refractivity contribution in [3.8, 4) is 11.8 Å². The summed E-state index contributed by atoms with van der Waals surface area (Å²) in [6.07, 6.45) is 0. The SMILES string of the molecule is CC(=O)NCC#Cc1ccccc1NN. The van der Waals surface area contributed by atoms with Gasteiger partial charge >= 0.3 is 0 Å². The van der Waals surface area contributed by atoms with Gasteiger partial charge in [-0.05, 0) is 12.1 Å². The molecule has 1 amide bonds. The van der Waals surface area contributed by atoms with Gasteiger partial charge in [-0.1, -0.05) is 24.0 Å². The Morgan fingerprint density at radius 1 is 1.47 bits per heavy atom. The van der Waals surface area contributed by atoms with Crippen molar-refractivity contribution in [2.45, 2.75) is 6.92 Å². The first-order valence-electron chi connectivity index (χ1n) is 4.53. The number of amides is 1. The predicted molar refractivity (Wildman–Crippen MR) is 59.8 cm³/mol. The lowest BCUT2D eigenvalue weighted by atomic mass is 10.2. The minimum Gasteiger partial charge on any atom is -0.345 e. The van der Waals surface area contributed by atoms with Crippen molar-refractivity contribution in [3.05, 3.63) is 29.8 Å². The van der Waals surface area contributed by atoms with Crippen molar-refractivity contribution >= 4 is 11.6 Å². The molecule has 0 fully saturated rings. The number of hydrogen-bond donors (Lipinski definition) is 3. The molecule has 0 aliphatic heterocycles. The molecule has 4 nitrogen and oxygen atoms in total. The highest BCUT2D eigenvalue weighted by Crippen LogP contribution is 2.11. The summed E-state index contributed by atoms with van der Waals surface area (Å²) in [6.45, 7) is 1.80. The molecule has 0 aliphatic carbocycles. The topological polar surface area (TPSA) is 67.2 Å². The first kappa shape index (κ1) is 11.1. The van der Waals surface area contributed by atoms with E-state index in [1.807, 2.05) is 24.3 Å². The number of carbonyl (C=O) groups is 1. The van der Waals surface area contributed by atoms with Gasteiger partial charge in [-0.2, -0.15) is 0 Å². The molecule has 0 atom stereocenters. The molecule has 1 aromatic carbocycles. The first-order valence-corrected chi connectivity index (χ1v) is 4.53. The van der Waals surface area contributed by atoms with E-state index in [1.54, 1.807) is 0 Å². The van der Waals surface area contributed by atoms with Gasteiger partial charge in [0.25, 0.3) is 0 Å². The summed E-state index contributed by atoms with van der Waals surface area (Å²) < 4.78 is 0. The molecule has 0 saturated carbocycles. The summed E-state index contributed by atoms with van der Waals surface area (Å²) in [4.78, 5) is 10.6. The van der Waals surface area contributed by atoms with E-state index < -0.39 is 0 Å². The Balaban J connectivity index is 2.66. The van der Waals surface area contributed by atoms with Crippen molar-refractivity contribution in [3.63, 3.8) is 0 Å². The van der Waals surface area contributed by atoms with Crippen LogP contribution in [0.15, 0.2) is 24.3 Å². The summed E-state index contributed by atoms with van der Waals surface area (Å²) in [5.41, 5.74) is 4.14. The summed E-state index contributed by atoms with van der Waals surface area (Å²) >= 11 is 0. The van der Waals surface area contributed by atoms with Crippen LogP contribution in [0, 0.1) is 11.8 Å². The minimum absolute atomic E-state index is 0.0884. The van der Waals surface area contributed by atoms with Gasteiger partial charge in [0.15, 0.2) is 0 Å². The van der Waals surface area contributed by atoms with Crippen molar-refractivity contribution < 1.29 is 4.79 Å². The number of rotatable bonds is 2. The number of carbonyl (C=O) groups excluding carboxylic acids is 1. The zero-order valence-electron chi connectivity index (χ0n) is 8.50. The number of nitrogen functional groups attached to an aromatic ring is 1. The van der Waals surface area contributed by atoms with Crippen LogP contribution in [0.3, 0.4) is 0 Å². The molecule has 0 saturated heterocycles. The van der Waals surface area contributed by atoms with E-state index in [4.69, 9.17) is 5.84 Å². The normalized spacial score (nSPS) is 8.67. The average molecular weight is 203 g/mol. The van der Waals surface area contributed by atoms with E-state index in [0.717, 1.165) is 11.3 Å². The van der Waals surface area contributed by atoms with E-state index in [0.29, 0.717) is 6.54 Å². The molecule has 0 heterocycles. The number of nitrogens with one attached hydrogen (secondary N) is 2. The van der Waals surface area contributed by atoms with Crippen LogP contribution in [0.4, 0.5) is 5.69 Å². The molecule has 0 spiro atoms. The van der Waals surface area contributed by atoms with Gasteiger partial charge in [0, 0.05) is 12.5 Å². The van der Waals surface area contributed by atoms with Crippen molar-refractivity contribution in [1.29, 1.82) is 0 Å². The Hall–Kier alpha value is -1.99. The highest BCUT2D eigenvalue weighted by atomic mass is 16.1. The maximum Gasteiger partial charge on any atom is 0.217 e. The fourth-order valence-electron chi connectivity index (χ4n) is 1.03. The molecule has 78 valence electrons. The summed E-state index contributed by atoms with van der Waals surface area (Å²) in [6, 6.07) is 7.44. The largest absolute Gasteiger partial charge is 0.345 e. The van der Waals surface area contributed by atoms with E-state index in [-0.39, 0.29) is 5.91 Å². The third kappa shape index (κ3) is 3.71. The Kier molecular flexibility index (Phi) is 4.20. The minimum atomic E-state index is -0.0884. The van der Waals surface area contributed by atoms with Crippen LogP contribution in [0.1, 0.15) is 12.5 Å². The van der Waals surface area contributed by atoms with E-state index in [9.17, 15) is 4.79 Å². The number of hydrogen-bond acceptors (Lipinski definition) is 3. The fourth-order valence-corrected chi connectivity index (χ4v) is 1.03. The molecule has 0 aromatic heterocycles. The molecule has 15 heavy (non-hydrogen) atoms. The first-order chi connectivity index (χ1) is 7.24. The molecule has 0 radical (unpaired) electrons. The van der Waals surface area contributed by atoms with Crippen LogP contribution in [0.2, 0.25) is 0 Å². The zero-order chi connectivity index (χ0) is 11.1. The monoisotopic (exact) mass is 203 g/mol. The maximum absolute atomic E-state index is 10.6. The maximum atomic E-state index is 10.6. The zero-order valence-corrected chi connectivity index (χ0v) is 8.50. The molecule has 0 aliphatic rings. The molecular formula is C11H13N3O. The van der Waals surface area contributed by atoms with Gasteiger partial charge in [0.05, 0.1) is 12.2 Å². The smallest absolute Gasteiger partial charge is 0.217 e. The quantitative estimate of drug-likeness (QED) is 0.371. The Bertz CT molecular complexity index is 404. The van der Waals surface area contributed by atoms with Gasteiger partial charge in [-0.3, -0.25) is 10.6 Å². The third-order valence-electron chi connectivity index (χ3n) is 1.73. The standard InChI is InChI=1S/C11H13N3O/c1-9(15)13-8-4-6-10-5-2-3-7-11(10)14-12/h2-3,5,7,14H,8,12H2,1H3,(H,13,15).